The lowest BCUT2D eigenvalue weighted by atomic mass is 10.0. The van der Waals surface area contributed by atoms with Gasteiger partial charge in [-0.2, -0.15) is 0 Å². The molecule has 1 atom stereocenters. The molecule has 1 saturated heterocycles. The van der Waals surface area contributed by atoms with Crippen molar-refractivity contribution in [2.45, 2.75) is 45.6 Å². The monoisotopic (exact) mass is 264 g/mol. The van der Waals surface area contributed by atoms with Crippen molar-refractivity contribution < 1.29 is 4.39 Å². The maximum atomic E-state index is 14.2. The third kappa shape index (κ3) is 3.47. The first kappa shape index (κ1) is 14.3. The zero-order valence-electron chi connectivity index (χ0n) is 12.1. The molecule has 2 rings (SSSR count). The van der Waals surface area contributed by atoms with Crippen molar-refractivity contribution in [1.29, 1.82) is 0 Å². The maximum Gasteiger partial charge on any atom is 0.130 e. The number of hydrogen-bond acceptors (Lipinski definition) is 2. The third-order valence-electron chi connectivity index (χ3n) is 3.92. The number of anilines is 1. The van der Waals surface area contributed by atoms with E-state index in [4.69, 9.17) is 0 Å². The van der Waals surface area contributed by atoms with E-state index in [0.717, 1.165) is 30.9 Å². The molecule has 1 N–H and O–H groups in total. The Balaban J connectivity index is 2.30. The van der Waals surface area contributed by atoms with Gasteiger partial charge in [0.1, 0.15) is 5.82 Å². The van der Waals surface area contributed by atoms with Crippen molar-refractivity contribution in [1.82, 2.24) is 5.32 Å². The second kappa shape index (κ2) is 6.90. The molecule has 1 fully saturated rings. The zero-order valence-corrected chi connectivity index (χ0v) is 12.1. The quantitative estimate of drug-likeness (QED) is 0.888. The van der Waals surface area contributed by atoms with Crippen LogP contribution in [0.2, 0.25) is 0 Å². The van der Waals surface area contributed by atoms with Crippen LogP contribution < -0.4 is 10.2 Å². The Kier molecular flexibility index (Phi) is 5.20. The van der Waals surface area contributed by atoms with Gasteiger partial charge in [0.05, 0.1) is 0 Å². The summed E-state index contributed by atoms with van der Waals surface area (Å²) < 4.78 is 14.2. The summed E-state index contributed by atoms with van der Waals surface area (Å²) in [6.45, 7) is 7.06. The van der Waals surface area contributed by atoms with E-state index in [0.29, 0.717) is 0 Å². The van der Waals surface area contributed by atoms with Gasteiger partial charge < -0.3 is 10.2 Å². The molecule has 1 unspecified atom stereocenters. The standard InChI is InChI=1S/C16H25FN2/c1-3-18-13(2)16-14(17)9-8-10-15(16)19-11-6-4-5-7-12-19/h8-10,13,18H,3-7,11-12H2,1-2H3. The van der Waals surface area contributed by atoms with Gasteiger partial charge in [0.2, 0.25) is 0 Å². The third-order valence-corrected chi connectivity index (χ3v) is 3.92. The lowest BCUT2D eigenvalue weighted by Crippen LogP contribution is -2.28. The van der Waals surface area contributed by atoms with Crippen LogP contribution in [0.4, 0.5) is 10.1 Å². The van der Waals surface area contributed by atoms with Gasteiger partial charge in [0, 0.05) is 30.4 Å². The summed E-state index contributed by atoms with van der Waals surface area (Å²) in [6.07, 6.45) is 5.02. The summed E-state index contributed by atoms with van der Waals surface area (Å²) in [7, 11) is 0. The summed E-state index contributed by atoms with van der Waals surface area (Å²) in [5.74, 6) is -0.0878. The van der Waals surface area contributed by atoms with Crippen molar-refractivity contribution in [3.8, 4) is 0 Å². The number of benzene rings is 1. The van der Waals surface area contributed by atoms with Gasteiger partial charge in [-0.25, -0.2) is 4.39 Å². The molecule has 0 radical (unpaired) electrons. The molecule has 1 aromatic carbocycles. The topological polar surface area (TPSA) is 15.3 Å². The molecule has 0 spiro atoms. The minimum Gasteiger partial charge on any atom is -0.371 e. The number of nitrogens with zero attached hydrogens (tertiary/aromatic N) is 1. The molecule has 106 valence electrons. The second-order valence-corrected chi connectivity index (χ2v) is 5.35. The molecule has 0 bridgehead atoms. The van der Waals surface area contributed by atoms with Crippen LogP contribution in [0.1, 0.15) is 51.1 Å². The van der Waals surface area contributed by atoms with E-state index in [9.17, 15) is 4.39 Å². The Morgan fingerprint density at radius 1 is 1.21 bits per heavy atom. The van der Waals surface area contributed by atoms with Gasteiger partial charge in [0.25, 0.3) is 0 Å². The summed E-state index contributed by atoms with van der Waals surface area (Å²) in [6, 6.07) is 5.53. The van der Waals surface area contributed by atoms with Crippen molar-refractivity contribution in [3.63, 3.8) is 0 Å². The predicted octanol–water partition coefficient (Wildman–Crippen LogP) is 3.88. The van der Waals surface area contributed by atoms with Crippen molar-refractivity contribution in [3.05, 3.63) is 29.6 Å². The van der Waals surface area contributed by atoms with E-state index in [1.807, 2.05) is 13.0 Å². The Bertz CT molecular complexity index is 398. The van der Waals surface area contributed by atoms with Gasteiger partial charge >= 0.3 is 0 Å². The Morgan fingerprint density at radius 2 is 1.89 bits per heavy atom. The highest BCUT2D eigenvalue weighted by Crippen LogP contribution is 2.30. The van der Waals surface area contributed by atoms with Crippen molar-refractivity contribution in [2.75, 3.05) is 24.5 Å². The number of hydrogen-bond donors (Lipinski definition) is 1. The predicted molar refractivity (Wildman–Crippen MR) is 79.2 cm³/mol. The van der Waals surface area contributed by atoms with Crippen LogP contribution in [0.25, 0.3) is 0 Å². The molecule has 0 saturated carbocycles. The first-order chi connectivity index (χ1) is 9.24. The van der Waals surface area contributed by atoms with Crippen LogP contribution in [0.15, 0.2) is 18.2 Å². The van der Waals surface area contributed by atoms with Crippen LogP contribution >= 0.6 is 0 Å². The minimum atomic E-state index is -0.0878. The van der Waals surface area contributed by atoms with E-state index in [2.05, 4.69) is 23.2 Å². The molecule has 3 heteroatoms. The molecule has 2 nitrogen and oxygen atoms in total. The Labute approximate surface area is 116 Å². The minimum absolute atomic E-state index is 0.0597. The summed E-state index contributed by atoms with van der Waals surface area (Å²) in [5, 5.41) is 3.33. The number of halogens is 1. The summed E-state index contributed by atoms with van der Waals surface area (Å²) >= 11 is 0. The van der Waals surface area contributed by atoms with Gasteiger partial charge in [0.15, 0.2) is 0 Å². The molecule has 1 aliphatic rings. The average molecular weight is 264 g/mol. The molecule has 1 aromatic rings. The fourth-order valence-corrected chi connectivity index (χ4v) is 2.95. The Morgan fingerprint density at radius 3 is 2.53 bits per heavy atom. The number of rotatable bonds is 4. The molecular formula is C16H25FN2. The highest BCUT2D eigenvalue weighted by molar-refractivity contribution is 5.55. The largest absolute Gasteiger partial charge is 0.371 e. The SMILES string of the molecule is CCNC(C)c1c(F)cccc1N1CCCCCC1. The first-order valence-electron chi connectivity index (χ1n) is 7.50. The average Bonchev–Trinajstić information content (AvgIpc) is 2.67. The molecule has 0 amide bonds. The van der Waals surface area contributed by atoms with E-state index in [1.165, 1.54) is 25.7 Å². The fourth-order valence-electron chi connectivity index (χ4n) is 2.95. The van der Waals surface area contributed by atoms with E-state index in [-0.39, 0.29) is 11.9 Å². The molecule has 1 heterocycles. The fraction of sp³-hybridized carbons (Fsp3) is 0.625. The maximum absolute atomic E-state index is 14.2. The van der Waals surface area contributed by atoms with E-state index < -0.39 is 0 Å². The van der Waals surface area contributed by atoms with Crippen LogP contribution in [0.3, 0.4) is 0 Å². The summed E-state index contributed by atoms with van der Waals surface area (Å²) in [4.78, 5) is 2.36. The molecule has 19 heavy (non-hydrogen) atoms. The zero-order chi connectivity index (χ0) is 13.7. The van der Waals surface area contributed by atoms with Crippen LogP contribution in [-0.4, -0.2) is 19.6 Å². The molecule has 0 aromatic heterocycles. The van der Waals surface area contributed by atoms with Gasteiger partial charge in [-0.3, -0.25) is 0 Å². The van der Waals surface area contributed by atoms with Crippen molar-refractivity contribution >= 4 is 5.69 Å². The molecule has 1 aliphatic heterocycles. The van der Waals surface area contributed by atoms with E-state index >= 15 is 0 Å². The van der Waals surface area contributed by atoms with Crippen molar-refractivity contribution in [2.24, 2.45) is 0 Å². The van der Waals surface area contributed by atoms with E-state index in [1.54, 1.807) is 6.07 Å². The first-order valence-corrected chi connectivity index (χ1v) is 7.50. The number of nitrogens with one attached hydrogen (secondary N) is 1. The van der Waals surface area contributed by atoms with Gasteiger partial charge in [-0.05, 0) is 38.4 Å². The normalized spacial score (nSPS) is 18.2. The van der Waals surface area contributed by atoms with Gasteiger partial charge in [-0.1, -0.05) is 25.8 Å². The highest BCUT2D eigenvalue weighted by Gasteiger charge is 2.19. The lowest BCUT2D eigenvalue weighted by Gasteiger charge is -2.28. The summed E-state index contributed by atoms with van der Waals surface area (Å²) in [5.41, 5.74) is 1.90. The Hall–Kier alpha value is -1.09. The lowest BCUT2D eigenvalue weighted by molar-refractivity contribution is 0.539. The van der Waals surface area contributed by atoms with Crippen LogP contribution in [0.5, 0.6) is 0 Å². The molecular weight excluding hydrogens is 239 g/mol. The van der Waals surface area contributed by atoms with Crippen LogP contribution in [-0.2, 0) is 0 Å². The van der Waals surface area contributed by atoms with Crippen LogP contribution in [0, 0.1) is 5.82 Å². The van der Waals surface area contributed by atoms with Gasteiger partial charge in [-0.15, -0.1) is 0 Å². The second-order valence-electron chi connectivity index (χ2n) is 5.35. The molecule has 0 aliphatic carbocycles. The highest BCUT2D eigenvalue weighted by atomic mass is 19.1. The smallest absolute Gasteiger partial charge is 0.130 e.